The Hall–Kier alpha value is -4.93. The van der Waals surface area contributed by atoms with Gasteiger partial charge in [-0.25, -0.2) is 18.5 Å². The number of nitrogens with one attached hydrogen (secondary N) is 2. The van der Waals surface area contributed by atoms with Gasteiger partial charge < -0.3 is 4.74 Å². The van der Waals surface area contributed by atoms with Gasteiger partial charge in [0.05, 0.1) is 34.7 Å². The van der Waals surface area contributed by atoms with Crippen LogP contribution in [0, 0.1) is 0 Å². The summed E-state index contributed by atoms with van der Waals surface area (Å²) in [6.07, 6.45) is 4.23. The van der Waals surface area contributed by atoms with E-state index < -0.39 is 15.9 Å². The minimum absolute atomic E-state index is 0.0121. The van der Waals surface area contributed by atoms with Crippen molar-refractivity contribution in [2.75, 3.05) is 11.3 Å². The first kappa shape index (κ1) is 29.6. The van der Waals surface area contributed by atoms with Gasteiger partial charge in [-0.1, -0.05) is 48.9 Å². The summed E-state index contributed by atoms with van der Waals surface area (Å²) in [7, 11) is -3.96. The predicted octanol–water partition coefficient (Wildman–Crippen LogP) is 6.55. The smallest absolute Gasteiger partial charge is 0.273 e. The first-order valence-corrected chi connectivity index (χ1v) is 15.3. The van der Waals surface area contributed by atoms with Gasteiger partial charge >= 0.3 is 0 Å². The lowest BCUT2D eigenvalue weighted by atomic mass is 10.1. The minimum atomic E-state index is -3.96. The van der Waals surface area contributed by atoms with Gasteiger partial charge in [0.2, 0.25) is 0 Å². The van der Waals surface area contributed by atoms with E-state index in [1.807, 2.05) is 67.7 Å². The lowest BCUT2D eigenvalue weighted by molar-refractivity contribution is 0.0956. The summed E-state index contributed by atoms with van der Waals surface area (Å²) >= 11 is 5.89. The third kappa shape index (κ3) is 7.29. The molecule has 0 atom stereocenters. The number of nitrogens with zero attached hydrogens (tertiary/aromatic N) is 3. The Morgan fingerprint density at radius 3 is 2.37 bits per heavy atom. The SMILES string of the molecule is CCCOc1ccc(-c2nn(-c3ccccc3)cc2/C=N\NC(=O)c2ccccc2NS(=O)(=O)c2ccc(Cl)cc2)cc1. The molecule has 4 aromatic carbocycles. The zero-order chi connectivity index (χ0) is 30.2. The predicted molar refractivity (Wildman–Crippen MR) is 169 cm³/mol. The van der Waals surface area contributed by atoms with Crippen molar-refractivity contribution in [1.82, 2.24) is 15.2 Å². The van der Waals surface area contributed by atoms with E-state index in [9.17, 15) is 13.2 Å². The number of carbonyl (C=O) groups is 1. The molecule has 0 fully saturated rings. The summed E-state index contributed by atoms with van der Waals surface area (Å²) in [6.45, 7) is 2.68. The molecule has 1 aromatic heterocycles. The molecule has 218 valence electrons. The number of carbonyl (C=O) groups excluding carboxylic acids is 1. The van der Waals surface area contributed by atoms with Crippen molar-refractivity contribution in [3.05, 3.63) is 125 Å². The summed E-state index contributed by atoms with van der Waals surface area (Å²) in [5, 5.41) is 9.36. The number of halogens is 1. The van der Waals surface area contributed by atoms with Crippen molar-refractivity contribution in [3.8, 4) is 22.7 Å². The van der Waals surface area contributed by atoms with Gasteiger partial charge in [0, 0.05) is 22.3 Å². The molecule has 5 rings (SSSR count). The Labute approximate surface area is 254 Å². The third-order valence-corrected chi connectivity index (χ3v) is 7.91. The monoisotopic (exact) mass is 613 g/mol. The van der Waals surface area contributed by atoms with Crippen LogP contribution in [-0.2, 0) is 10.0 Å². The average molecular weight is 614 g/mol. The van der Waals surface area contributed by atoms with Crippen molar-refractivity contribution in [2.45, 2.75) is 18.2 Å². The first-order chi connectivity index (χ1) is 20.8. The molecule has 0 radical (unpaired) electrons. The molecule has 0 spiro atoms. The molecular formula is C32H28ClN5O4S. The Morgan fingerprint density at radius 2 is 1.65 bits per heavy atom. The maximum Gasteiger partial charge on any atom is 0.273 e. The van der Waals surface area contributed by atoms with Gasteiger partial charge in [-0.3, -0.25) is 9.52 Å². The van der Waals surface area contributed by atoms with Gasteiger partial charge in [0.25, 0.3) is 15.9 Å². The maximum absolute atomic E-state index is 13.1. The second-order valence-electron chi connectivity index (χ2n) is 9.39. The normalized spacial score (nSPS) is 11.4. The zero-order valence-corrected chi connectivity index (χ0v) is 24.7. The number of ether oxygens (including phenoxy) is 1. The molecule has 0 aliphatic rings. The molecule has 1 heterocycles. The molecular weight excluding hydrogens is 586 g/mol. The van der Waals surface area contributed by atoms with Gasteiger partial charge in [0.15, 0.2) is 0 Å². The quantitative estimate of drug-likeness (QED) is 0.130. The number of hydrogen-bond acceptors (Lipinski definition) is 6. The second-order valence-corrected chi connectivity index (χ2v) is 11.5. The summed E-state index contributed by atoms with van der Waals surface area (Å²) in [6, 6.07) is 29.2. The number of hydrazone groups is 1. The summed E-state index contributed by atoms with van der Waals surface area (Å²) in [4.78, 5) is 13.1. The number of para-hydroxylation sites is 2. The standard InChI is InChI=1S/C32H28ClN5O4S/c1-2-20-42-27-16-12-23(13-17-27)31-24(22-38(36-31)26-8-4-3-5-9-26)21-34-35-32(39)29-10-6-7-11-30(29)37-43(40,41)28-18-14-25(33)15-19-28/h3-19,21-22,37H,2,20H2,1H3,(H,35,39)/b34-21-. The molecule has 0 unspecified atom stereocenters. The highest BCUT2D eigenvalue weighted by Gasteiger charge is 2.19. The minimum Gasteiger partial charge on any atom is -0.494 e. The molecule has 0 bridgehead atoms. The Balaban J connectivity index is 1.38. The number of aromatic nitrogens is 2. The van der Waals surface area contributed by atoms with E-state index in [1.54, 1.807) is 16.8 Å². The van der Waals surface area contributed by atoms with Crippen LogP contribution in [0.15, 0.2) is 119 Å². The number of benzene rings is 4. The highest BCUT2D eigenvalue weighted by molar-refractivity contribution is 7.92. The Bertz CT molecular complexity index is 1840. The third-order valence-electron chi connectivity index (χ3n) is 6.27. The number of amides is 1. The Kier molecular flexibility index (Phi) is 9.19. The van der Waals surface area contributed by atoms with Gasteiger partial charge in [-0.05, 0) is 79.2 Å². The van der Waals surface area contributed by atoms with Crippen LogP contribution in [0.5, 0.6) is 5.75 Å². The van der Waals surface area contributed by atoms with Crippen molar-refractivity contribution in [1.29, 1.82) is 0 Å². The fourth-order valence-electron chi connectivity index (χ4n) is 4.16. The van der Waals surface area contributed by atoms with Crippen LogP contribution in [-0.4, -0.2) is 36.9 Å². The number of hydrogen-bond donors (Lipinski definition) is 2. The number of anilines is 1. The molecule has 43 heavy (non-hydrogen) atoms. The van der Waals surface area contributed by atoms with Gasteiger partial charge in [-0.2, -0.15) is 10.2 Å². The van der Waals surface area contributed by atoms with Gasteiger partial charge in [-0.15, -0.1) is 0 Å². The van der Waals surface area contributed by atoms with Gasteiger partial charge in [0.1, 0.15) is 11.4 Å². The molecule has 11 heteroatoms. The van der Waals surface area contributed by atoms with Crippen molar-refractivity contribution in [2.24, 2.45) is 5.10 Å². The molecule has 5 aromatic rings. The van der Waals surface area contributed by atoms with Crippen LogP contribution in [0.1, 0.15) is 29.3 Å². The van der Waals surface area contributed by atoms with Crippen molar-refractivity contribution >= 4 is 39.4 Å². The van der Waals surface area contributed by atoms with E-state index >= 15 is 0 Å². The number of sulfonamides is 1. The van der Waals surface area contributed by atoms with Crippen LogP contribution >= 0.6 is 11.6 Å². The molecule has 1 amide bonds. The summed E-state index contributed by atoms with van der Waals surface area (Å²) in [5.41, 5.74) is 5.71. The lowest BCUT2D eigenvalue weighted by Gasteiger charge is -2.11. The second kappa shape index (κ2) is 13.4. The van der Waals surface area contributed by atoms with E-state index in [0.717, 1.165) is 23.4 Å². The molecule has 2 N–H and O–H groups in total. The van der Waals surface area contributed by atoms with Crippen LogP contribution in [0.4, 0.5) is 5.69 Å². The van der Waals surface area contributed by atoms with Crippen LogP contribution in [0.2, 0.25) is 5.02 Å². The van der Waals surface area contributed by atoms with Crippen molar-refractivity contribution in [3.63, 3.8) is 0 Å². The zero-order valence-electron chi connectivity index (χ0n) is 23.1. The number of rotatable bonds is 11. The van der Waals surface area contributed by atoms with E-state index in [0.29, 0.717) is 22.9 Å². The summed E-state index contributed by atoms with van der Waals surface area (Å²) in [5.74, 6) is 0.168. The molecule has 0 aliphatic carbocycles. The van der Waals surface area contributed by atoms with Crippen LogP contribution < -0.4 is 14.9 Å². The maximum atomic E-state index is 13.1. The highest BCUT2D eigenvalue weighted by atomic mass is 35.5. The Morgan fingerprint density at radius 1 is 0.953 bits per heavy atom. The van der Waals surface area contributed by atoms with Crippen LogP contribution in [0.3, 0.4) is 0 Å². The topological polar surface area (TPSA) is 115 Å². The molecule has 9 nitrogen and oxygen atoms in total. The molecule has 0 aliphatic heterocycles. The van der Waals surface area contributed by atoms with E-state index in [1.165, 1.54) is 42.6 Å². The van der Waals surface area contributed by atoms with E-state index in [-0.39, 0.29) is 16.1 Å². The van der Waals surface area contributed by atoms with E-state index in [4.69, 9.17) is 21.4 Å². The lowest BCUT2D eigenvalue weighted by Crippen LogP contribution is -2.21. The highest BCUT2D eigenvalue weighted by Crippen LogP contribution is 2.26. The summed E-state index contributed by atoms with van der Waals surface area (Å²) < 4.78 is 35.8. The first-order valence-electron chi connectivity index (χ1n) is 13.4. The average Bonchev–Trinajstić information content (AvgIpc) is 3.45. The van der Waals surface area contributed by atoms with E-state index in [2.05, 4.69) is 15.2 Å². The fourth-order valence-corrected chi connectivity index (χ4v) is 5.36. The fraction of sp³-hybridized carbons (Fsp3) is 0.0938. The van der Waals surface area contributed by atoms with Crippen LogP contribution in [0.25, 0.3) is 16.9 Å². The van der Waals surface area contributed by atoms with Crippen molar-refractivity contribution < 1.29 is 17.9 Å². The molecule has 0 saturated heterocycles. The molecule has 0 saturated carbocycles. The largest absolute Gasteiger partial charge is 0.494 e.